The van der Waals surface area contributed by atoms with Gasteiger partial charge in [0.1, 0.15) is 11.5 Å². The molecule has 1 heteroatoms. The third-order valence-electron chi connectivity index (χ3n) is 44.1. The van der Waals surface area contributed by atoms with E-state index in [1.807, 2.05) is 5.75 Å². The van der Waals surface area contributed by atoms with Gasteiger partial charge in [0.05, 0.1) is 0 Å². The lowest BCUT2D eigenvalue weighted by molar-refractivity contribution is -0.0336. The number of hydrogen-bond donors (Lipinski definition) is 0. The Morgan fingerprint density at radius 1 is 0.155 bits per heavy atom. The molecule has 1 nitrogen and oxygen atoms in total. The van der Waals surface area contributed by atoms with E-state index in [4.69, 9.17) is 0 Å². The maximum atomic E-state index is 10.5. The van der Waals surface area contributed by atoms with E-state index in [-0.39, 0.29) is 16.2 Å². The molecule has 0 heterocycles. The van der Waals surface area contributed by atoms with Crippen LogP contribution in [0.25, 0.3) is 0 Å². The van der Waals surface area contributed by atoms with Crippen molar-refractivity contribution in [2.24, 2.45) is 160 Å². The molecular formula is C102H136O. The van der Waals surface area contributed by atoms with Crippen LogP contribution in [0.5, 0.6) is 11.5 Å². The Kier molecular flexibility index (Phi) is 11.8. The standard InChI is InChI=1S/C102H136O/c1-56-2-58-3-57(1)30-94(29-56,31-58)83-28-84(86(96-35-62-7-63(36-96)9-64(8-62)37-96)87(97-38-65-10-66(39-97)12-67(11-65)40-97)85(83)95-32-59-4-60(33-95)6-61(5-59)34-95)103-93-91(101-50-77-22-78(51-101)24-79(23-77)52-101)89(99-44-71-16-72(45-99)18-73(17-71)46-99)88(98-41-68-13-69(42-98)15-70(14-68)43-98)90(100-47-74-19-75(48-100)21-76(20-74)49-100)92(93)102-53-80-25-81(54-102)27-82(26-80)55-102/h28,56-82H,1-27,29-55H2. The highest BCUT2D eigenvalue weighted by atomic mass is 16.5. The SMILES string of the molecule is c1c(Oc2c(C34CC5CC(CC(C5)C3)C4)c(C34CC5CC(CC(C5)C3)C4)c(C34CC5CC(CC(C5)C3)C4)c(C34CC5CC(CC(C5)C3)C4)c2C23CC4CC(CC(C4)C2)C3)c(C23CC4CC(CC(C4)C2)C3)c(C23CC4CC(CC(C4)C2)C3)c(C23CC4CC(CC(C4)C2)C3)c1C12CC3CC(CC(C3)C1)C2. The first-order chi connectivity index (χ1) is 50.2. The molecule has 36 fully saturated rings. The second kappa shape index (κ2) is 20.0. The largest absolute Gasteiger partial charge is 0.456 e. The highest BCUT2D eigenvalue weighted by Crippen LogP contribution is 2.80. The van der Waals surface area contributed by atoms with Gasteiger partial charge in [-0.3, -0.25) is 0 Å². The normalized spacial score (nSPS) is 59.7. The first-order valence-corrected chi connectivity index (χ1v) is 48.3. The fourth-order valence-electron chi connectivity index (χ4n) is 46.1. The molecule has 0 saturated heterocycles. The van der Waals surface area contributed by atoms with E-state index in [1.54, 1.807) is 352 Å². The Morgan fingerprint density at radius 3 is 0.485 bits per heavy atom. The van der Waals surface area contributed by atoms with Crippen molar-refractivity contribution in [3.05, 3.63) is 56.1 Å². The lowest BCUT2D eigenvalue weighted by Crippen LogP contribution is -2.58. The Hall–Kier alpha value is -1.76. The third kappa shape index (κ3) is 8.21. The van der Waals surface area contributed by atoms with Gasteiger partial charge in [-0.1, -0.05) is 0 Å². The molecule has 0 atom stereocenters. The van der Waals surface area contributed by atoms with Crippen molar-refractivity contribution in [1.29, 1.82) is 0 Å². The predicted molar refractivity (Wildman–Crippen MR) is 412 cm³/mol. The van der Waals surface area contributed by atoms with Crippen molar-refractivity contribution in [2.75, 3.05) is 0 Å². The summed E-state index contributed by atoms with van der Waals surface area (Å²) in [5.41, 5.74) is 23.1. The van der Waals surface area contributed by atoms with Gasteiger partial charge in [0, 0.05) is 32.9 Å². The maximum absolute atomic E-state index is 10.5. The van der Waals surface area contributed by atoms with Gasteiger partial charge in [-0.15, -0.1) is 0 Å². The lowest BCUT2D eigenvalue weighted by atomic mass is 9.38. The summed E-state index contributed by atoms with van der Waals surface area (Å²) in [6.07, 6.45) is 85.3. The molecule has 0 N–H and O–H groups in total. The highest BCUT2D eigenvalue weighted by molar-refractivity contribution is 5.72. The van der Waals surface area contributed by atoms with Gasteiger partial charge in [-0.2, -0.15) is 0 Å². The van der Waals surface area contributed by atoms with Crippen molar-refractivity contribution in [3.8, 4) is 11.5 Å². The van der Waals surface area contributed by atoms with Crippen LogP contribution < -0.4 is 4.74 Å². The van der Waals surface area contributed by atoms with Crippen LogP contribution in [0, 0.1) is 160 Å². The van der Waals surface area contributed by atoms with Crippen molar-refractivity contribution in [2.45, 2.75) is 395 Å². The molecule has 36 aliphatic carbocycles. The lowest BCUT2D eigenvalue weighted by Gasteiger charge is -2.67. The number of benzene rings is 2. The van der Waals surface area contributed by atoms with Crippen molar-refractivity contribution < 1.29 is 4.74 Å². The van der Waals surface area contributed by atoms with Crippen LogP contribution in [-0.4, -0.2) is 0 Å². The van der Waals surface area contributed by atoms with Gasteiger partial charge in [0.2, 0.25) is 0 Å². The molecule has 36 bridgehead atoms. The summed E-state index contributed by atoms with van der Waals surface area (Å²) in [6.45, 7) is 0. The van der Waals surface area contributed by atoms with Gasteiger partial charge in [-0.25, -0.2) is 0 Å². The van der Waals surface area contributed by atoms with Gasteiger partial charge in [-0.05, 0) is 578 Å². The Bertz CT molecular complexity index is 3560. The van der Waals surface area contributed by atoms with Gasteiger partial charge in [0.15, 0.2) is 0 Å². The summed E-state index contributed by atoms with van der Waals surface area (Å²) in [5.74, 6) is 29.7. The molecule has 0 aliphatic heterocycles. The van der Waals surface area contributed by atoms with Crippen LogP contribution in [0.1, 0.15) is 397 Å². The molecule has 2 aromatic rings. The summed E-state index contributed by atoms with van der Waals surface area (Å²) >= 11 is 0. The summed E-state index contributed by atoms with van der Waals surface area (Å²) in [7, 11) is 0. The van der Waals surface area contributed by atoms with Crippen molar-refractivity contribution in [3.63, 3.8) is 0 Å². The molecule has 38 rings (SSSR count). The average molecular weight is 1380 g/mol. The quantitative estimate of drug-likeness (QED) is 0.218. The minimum atomic E-state index is 0.280. The van der Waals surface area contributed by atoms with E-state index in [0.717, 1.165) is 160 Å². The fraction of sp³-hybridized carbons (Fsp3) is 0.882. The second-order valence-corrected chi connectivity index (χ2v) is 51.1. The van der Waals surface area contributed by atoms with Crippen LogP contribution in [0.4, 0.5) is 0 Å². The zero-order valence-electron chi connectivity index (χ0n) is 64.8. The molecule has 103 heavy (non-hydrogen) atoms. The fourth-order valence-corrected chi connectivity index (χ4v) is 46.1. The molecule has 0 unspecified atom stereocenters. The Morgan fingerprint density at radius 2 is 0.291 bits per heavy atom. The molecule has 0 amide bonds. The number of rotatable bonds is 11. The zero-order chi connectivity index (χ0) is 66.0. The smallest absolute Gasteiger partial charge is 0.135 e. The summed E-state index contributed by atoms with van der Waals surface area (Å²) in [5, 5.41) is 0. The molecule has 2 aromatic carbocycles. The van der Waals surface area contributed by atoms with Gasteiger partial charge >= 0.3 is 0 Å². The minimum Gasteiger partial charge on any atom is -0.456 e. The molecule has 550 valence electrons. The van der Waals surface area contributed by atoms with Crippen molar-refractivity contribution >= 4 is 0 Å². The van der Waals surface area contributed by atoms with E-state index in [2.05, 4.69) is 56.1 Å². The zero-order valence-corrected chi connectivity index (χ0v) is 64.8. The van der Waals surface area contributed by atoms with E-state index in [1.165, 1.54) is 0 Å². The topological polar surface area (TPSA) is 9.23 Å². The molecule has 0 spiro atoms. The monoisotopic (exact) mass is 1380 g/mol. The molecule has 0 aromatic heterocycles. The third-order valence-corrected chi connectivity index (χ3v) is 44.1. The van der Waals surface area contributed by atoms with Crippen LogP contribution in [-0.2, 0) is 48.7 Å². The summed E-state index contributed by atoms with van der Waals surface area (Å²) in [6, 6.07) is 3.41. The van der Waals surface area contributed by atoms with Crippen LogP contribution in [0.3, 0.4) is 0 Å². The highest BCUT2D eigenvalue weighted by Gasteiger charge is 2.70. The van der Waals surface area contributed by atoms with Gasteiger partial charge < -0.3 is 4.74 Å². The molecule has 0 radical (unpaired) electrons. The van der Waals surface area contributed by atoms with Crippen molar-refractivity contribution in [1.82, 2.24) is 0 Å². The van der Waals surface area contributed by atoms with E-state index >= 15 is 0 Å². The van der Waals surface area contributed by atoms with E-state index < -0.39 is 0 Å². The first kappa shape index (κ1) is 60.9. The Labute approximate surface area is 623 Å². The minimum absolute atomic E-state index is 0.280. The molecule has 36 saturated carbocycles. The second-order valence-electron chi connectivity index (χ2n) is 51.1. The first-order valence-electron chi connectivity index (χ1n) is 48.3. The van der Waals surface area contributed by atoms with Crippen LogP contribution >= 0.6 is 0 Å². The maximum Gasteiger partial charge on any atom is 0.135 e. The van der Waals surface area contributed by atoms with E-state index in [0.29, 0.717) is 32.5 Å². The predicted octanol–water partition coefficient (Wildman–Crippen LogP) is 25.7. The van der Waals surface area contributed by atoms with Crippen LogP contribution in [0.2, 0.25) is 0 Å². The average Bonchev–Trinajstić information content (AvgIpc) is 0.661. The number of hydrogen-bond acceptors (Lipinski definition) is 1. The number of ether oxygens (including phenoxy) is 1. The Balaban J connectivity index is 0.805. The van der Waals surface area contributed by atoms with E-state index in [9.17, 15) is 4.74 Å². The summed E-state index contributed by atoms with van der Waals surface area (Å²) in [4.78, 5) is 0. The molecule has 36 aliphatic rings. The summed E-state index contributed by atoms with van der Waals surface area (Å²) < 4.78 is 10.5. The van der Waals surface area contributed by atoms with Gasteiger partial charge in [0.25, 0.3) is 0 Å². The molecular weight excluding hydrogens is 1240 g/mol. The van der Waals surface area contributed by atoms with Crippen LogP contribution in [0.15, 0.2) is 6.07 Å².